The van der Waals surface area contributed by atoms with Crippen LogP contribution < -0.4 is 0 Å². The Balaban J connectivity index is 1.53. The number of esters is 1. The first-order valence-electron chi connectivity index (χ1n) is 12.5. The average Bonchev–Trinajstić information content (AvgIpc) is 3.36. The number of hydrogen-bond donors (Lipinski definition) is 1. The second kappa shape index (κ2) is 7.76. The topological polar surface area (TPSA) is 80.7 Å². The molecular formula is C28H33FO5. The van der Waals surface area contributed by atoms with Gasteiger partial charge in [-0.2, -0.15) is 0 Å². The summed E-state index contributed by atoms with van der Waals surface area (Å²) in [5.74, 6) is -1.06. The molecule has 1 aromatic carbocycles. The highest BCUT2D eigenvalue weighted by Crippen LogP contribution is 2.83. The summed E-state index contributed by atoms with van der Waals surface area (Å²) in [6.07, 6.45) is 6.77. The monoisotopic (exact) mass is 468 g/mol. The molecule has 3 fully saturated rings. The van der Waals surface area contributed by atoms with Crippen molar-refractivity contribution in [3.05, 3.63) is 47.3 Å². The highest BCUT2D eigenvalue weighted by molar-refractivity contribution is 5.91. The van der Waals surface area contributed by atoms with E-state index in [9.17, 15) is 23.9 Å². The molecule has 6 heteroatoms. The molecule has 3 saturated carbocycles. The van der Waals surface area contributed by atoms with Crippen LogP contribution in [0.2, 0.25) is 0 Å². The van der Waals surface area contributed by atoms with Gasteiger partial charge in [-0.3, -0.25) is 4.79 Å². The summed E-state index contributed by atoms with van der Waals surface area (Å²) >= 11 is 0. The second-order valence-electron chi connectivity index (χ2n) is 11.4. The lowest BCUT2D eigenvalue weighted by molar-refractivity contribution is -0.181. The van der Waals surface area contributed by atoms with Crippen LogP contribution in [-0.2, 0) is 14.3 Å². The summed E-state index contributed by atoms with van der Waals surface area (Å²) in [5, 5.41) is 10.9. The summed E-state index contributed by atoms with van der Waals surface area (Å²) in [6.45, 7) is 6.33. The molecule has 0 aliphatic heterocycles. The normalized spacial score (nSPS) is 39.6. The van der Waals surface area contributed by atoms with Gasteiger partial charge in [0.1, 0.15) is 17.5 Å². The molecule has 5 rings (SSSR count). The fraction of sp³-hybridized carbons (Fsp3) is 0.607. The van der Waals surface area contributed by atoms with E-state index in [0.29, 0.717) is 24.7 Å². The van der Waals surface area contributed by atoms with Gasteiger partial charge in [-0.05, 0) is 79.5 Å². The summed E-state index contributed by atoms with van der Waals surface area (Å²) in [7, 11) is 0. The van der Waals surface area contributed by atoms with E-state index >= 15 is 0 Å². The molecule has 34 heavy (non-hydrogen) atoms. The van der Waals surface area contributed by atoms with E-state index in [4.69, 9.17) is 4.74 Å². The van der Waals surface area contributed by atoms with Crippen LogP contribution in [0, 0.1) is 51.7 Å². The maximum atomic E-state index is 13.4. The first-order valence-corrected chi connectivity index (χ1v) is 12.5. The van der Waals surface area contributed by atoms with E-state index in [1.54, 1.807) is 0 Å². The van der Waals surface area contributed by atoms with Crippen LogP contribution >= 0.6 is 0 Å². The number of fused-ring (bicyclic) bond motifs is 2. The minimum absolute atomic E-state index is 0.0113. The fourth-order valence-corrected chi connectivity index (χ4v) is 8.83. The minimum Gasteiger partial charge on any atom is -0.481 e. The third kappa shape index (κ3) is 2.68. The van der Waals surface area contributed by atoms with Gasteiger partial charge in [0.15, 0.2) is 0 Å². The van der Waals surface area contributed by atoms with Crippen LogP contribution in [0.4, 0.5) is 4.39 Å². The van der Waals surface area contributed by atoms with E-state index in [0.717, 1.165) is 31.1 Å². The third-order valence-electron chi connectivity index (χ3n) is 9.98. The van der Waals surface area contributed by atoms with Gasteiger partial charge >= 0.3 is 11.9 Å². The van der Waals surface area contributed by atoms with Gasteiger partial charge in [-0.25, -0.2) is 9.18 Å². The summed E-state index contributed by atoms with van der Waals surface area (Å²) < 4.78 is 18.8. The molecule has 7 atom stereocenters. The van der Waals surface area contributed by atoms with E-state index in [1.807, 2.05) is 13.8 Å². The predicted molar refractivity (Wildman–Crippen MR) is 123 cm³/mol. The molecule has 0 heterocycles. The largest absolute Gasteiger partial charge is 0.481 e. The van der Waals surface area contributed by atoms with Crippen molar-refractivity contribution >= 4 is 18.2 Å². The average molecular weight is 469 g/mol. The SMILES string of the molecule is CC(C)C1=CC2CC3(C=O)C4CC[C@@H](C)C4CC2(CCOC(=O)c2ccc(F)cc2)C13C(=O)O. The Morgan fingerprint density at radius 2 is 1.91 bits per heavy atom. The Kier molecular flexibility index (Phi) is 5.30. The van der Waals surface area contributed by atoms with Crippen molar-refractivity contribution in [1.82, 2.24) is 0 Å². The maximum Gasteiger partial charge on any atom is 0.338 e. The number of benzene rings is 1. The first-order chi connectivity index (χ1) is 16.1. The zero-order valence-electron chi connectivity index (χ0n) is 20.1. The summed E-state index contributed by atoms with van der Waals surface area (Å²) in [4.78, 5) is 38.9. The number of carboxylic acids is 1. The maximum absolute atomic E-state index is 13.4. The first kappa shape index (κ1) is 23.3. The number of aliphatic carboxylic acids is 1. The number of rotatable bonds is 7. The molecule has 4 aliphatic rings. The van der Waals surface area contributed by atoms with Gasteiger partial charge in [0.25, 0.3) is 0 Å². The number of carbonyl (C=O) groups is 3. The molecule has 182 valence electrons. The zero-order chi connectivity index (χ0) is 24.5. The molecule has 0 amide bonds. The van der Waals surface area contributed by atoms with Crippen LogP contribution in [0.15, 0.2) is 35.9 Å². The number of allylic oxidation sites excluding steroid dienone is 1. The Bertz CT molecular complexity index is 1060. The summed E-state index contributed by atoms with van der Waals surface area (Å²) in [6, 6.07) is 5.20. The predicted octanol–water partition coefficient (Wildman–Crippen LogP) is 5.30. The molecule has 0 radical (unpaired) electrons. The van der Waals surface area contributed by atoms with Gasteiger partial charge in [0.2, 0.25) is 0 Å². The van der Waals surface area contributed by atoms with Gasteiger partial charge in [-0.15, -0.1) is 0 Å². The Morgan fingerprint density at radius 1 is 1.21 bits per heavy atom. The van der Waals surface area contributed by atoms with E-state index < -0.39 is 34.0 Å². The molecule has 0 saturated heterocycles. The van der Waals surface area contributed by atoms with Gasteiger partial charge < -0.3 is 14.6 Å². The second-order valence-corrected chi connectivity index (χ2v) is 11.4. The zero-order valence-corrected chi connectivity index (χ0v) is 20.1. The molecule has 0 aromatic heterocycles. The van der Waals surface area contributed by atoms with Crippen molar-refractivity contribution in [1.29, 1.82) is 0 Å². The van der Waals surface area contributed by atoms with Crippen molar-refractivity contribution in [3.8, 4) is 0 Å². The quantitative estimate of drug-likeness (QED) is 0.334. The fourth-order valence-electron chi connectivity index (χ4n) is 8.83. The molecule has 1 aromatic rings. The lowest BCUT2D eigenvalue weighted by Crippen LogP contribution is -2.62. The number of carbonyl (C=O) groups excluding carboxylic acids is 2. The third-order valence-corrected chi connectivity index (χ3v) is 9.98. The Labute approximate surface area is 199 Å². The van der Waals surface area contributed by atoms with E-state index in [1.165, 1.54) is 24.3 Å². The van der Waals surface area contributed by atoms with Crippen LogP contribution in [0.25, 0.3) is 0 Å². The van der Waals surface area contributed by atoms with Crippen molar-refractivity contribution in [2.75, 3.05) is 6.61 Å². The van der Waals surface area contributed by atoms with E-state index in [2.05, 4.69) is 13.0 Å². The number of aldehydes is 1. The van der Waals surface area contributed by atoms with Crippen molar-refractivity contribution < 1.29 is 28.6 Å². The van der Waals surface area contributed by atoms with Gasteiger partial charge in [-0.1, -0.05) is 38.8 Å². The molecule has 4 bridgehead atoms. The smallest absolute Gasteiger partial charge is 0.338 e. The van der Waals surface area contributed by atoms with Gasteiger partial charge in [0, 0.05) is 5.41 Å². The molecule has 1 N–H and O–H groups in total. The Hall–Kier alpha value is -2.50. The molecule has 6 unspecified atom stereocenters. The number of hydrogen-bond acceptors (Lipinski definition) is 4. The van der Waals surface area contributed by atoms with Crippen LogP contribution in [0.5, 0.6) is 0 Å². The highest BCUT2D eigenvalue weighted by atomic mass is 19.1. The minimum atomic E-state index is -1.26. The van der Waals surface area contributed by atoms with Crippen molar-refractivity contribution in [2.24, 2.45) is 45.8 Å². The molecule has 0 spiro atoms. The molecular weight excluding hydrogens is 435 g/mol. The van der Waals surface area contributed by atoms with Gasteiger partial charge in [0.05, 0.1) is 17.6 Å². The van der Waals surface area contributed by atoms with Crippen LogP contribution in [-0.4, -0.2) is 29.9 Å². The number of halogens is 1. The van der Waals surface area contributed by atoms with Crippen molar-refractivity contribution in [3.63, 3.8) is 0 Å². The molecule has 5 nitrogen and oxygen atoms in total. The van der Waals surface area contributed by atoms with Crippen LogP contribution in [0.1, 0.15) is 63.2 Å². The van der Waals surface area contributed by atoms with Crippen LogP contribution in [0.3, 0.4) is 0 Å². The standard InChI is InChI=1S/C28H33FO5/c1-16(2)23-12-19-13-27(15-30)22-9-4-17(3)21(22)14-26(19,28(23,27)25(32)33)10-11-34-24(31)18-5-7-20(29)8-6-18/h5-8,12,15-17,19,21-22H,4,9-11,13-14H2,1-3H3,(H,32,33)/t17-,19?,21?,22?,26?,27?,28?/m1/s1. The highest BCUT2D eigenvalue weighted by Gasteiger charge is 2.83. The summed E-state index contributed by atoms with van der Waals surface area (Å²) in [5.41, 5.74) is -1.67. The van der Waals surface area contributed by atoms with Crippen molar-refractivity contribution in [2.45, 2.75) is 52.9 Å². The number of ether oxygens (including phenoxy) is 1. The van der Waals surface area contributed by atoms with E-state index in [-0.39, 0.29) is 29.9 Å². The lowest BCUT2D eigenvalue weighted by atomic mass is 9.42. The number of carboxylic acid groups (broad SMARTS) is 1. The Morgan fingerprint density at radius 3 is 2.53 bits per heavy atom. The molecule has 4 aliphatic carbocycles. The lowest BCUT2D eigenvalue weighted by Gasteiger charge is -2.58.